The van der Waals surface area contributed by atoms with E-state index in [9.17, 15) is 14.4 Å². The first-order valence-corrected chi connectivity index (χ1v) is 14.8. The molecule has 3 aromatic heterocycles. The summed E-state index contributed by atoms with van der Waals surface area (Å²) in [6.07, 6.45) is 4.38. The van der Waals surface area contributed by atoms with E-state index in [2.05, 4.69) is 18.7 Å². The molecule has 2 aliphatic heterocycles. The molecule has 4 aromatic rings. The lowest BCUT2D eigenvalue weighted by Crippen LogP contribution is -2.40. The van der Waals surface area contributed by atoms with Crippen LogP contribution < -0.4 is 20.9 Å². The number of nitrogens with zero attached hydrogens (tertiary/aromatic N) is 6. The zero-order valence-electron chi connectivity index (χ0n) is 23.3. The third-order valence-corrected chi connectivity index (χ3v) is 9.04. The summed E-state index contributed by atoms with van der Waals surface area (Å²) in [7, 11) is 1.77. The van der Waals surface area contributed by atoms with Gasteiger partial charge in [-0.1, -0.05) is 62.1 Å². The maximum absolute atomic E-state index is 13.9. The molecule has 6 rings (SSSR count). The van der Waals surface area contributed by atoms with Crippen molar-refractivity contribution >= 4 is 57.4 Å². The highest BCUT2D eigenvalue weighted by Crippen LogP contribution is 2.37. The Morgan fingerprint density at radius 3 is 2.37 bits per heavy atom. The summed E-state index contributed by atoms with van der Waals surface area (Å²) in [4.78, 5) is 50.0. The minimum atomic E-state index is -0.435. The Morgan fingerprint density at radius 2 is 1.66 bits per heavy atom. The van der Waals surface area contributed by atoms with Crippen LogP contribution >= 0.6 is 24.0 Å². The first-order valence-electron chi connectivity index (χ1n) is 13.5. The van der Waals surface area contributed by atoms with Crippen molar-refractivity contribution in [3.8, 4) is 5.69 Å². The Morgan fingerprint density at radius 1 is 0.976 bits per heavy atom. The first kappa shape index (κ1) is 27.2. The molecule has 0 saturated carbocycles. The highest BCUT2D eigenvalue weighted by Gasteiger charge is 2.38. The number of rotatable bonds is 4. The molecule has 0 N–H and O–H groups in total. The van der Waals surface area contributed by atoms with Crippen LogP contribution in [0.5, 0.6) is 0 Å². The molecular weight excluding hydrogens is 557 g/mol. The van der Waals surface area contributed by atoms with Gasteiger partial charge in [-0.05, 0) is 55.5 Å². The molecule has 2 unspecified atom stereocenters. The molecule has 1 amide bonds. The van der Waals surface area contributed by atoms with E-state index < -0.39 is 5.91 Å². The van der Waals surface area contributed by atoms with Crippen molar-refractivity contribution in [3.63, 3.8) is 0 Å². The van der Waals surface area contributed by atoms with Crippen LogP contribution in [0.15, 0.2) is 69.2 Å². The number of thioether (sulfide) groups is 1. The van der Waals surface area contributed by atoms with Gasteiger partial charge in [0.1, 0.15) is 17.2 Å². The van der Waals surface area contributed by atoms with Crippen molar-refractivity contribution in [1.82, 2.24) is 18.7 Å². The van der Waals surface area contributed by atoms with Crippen molar-refractivity contribution in [2.75, 3.05) is 22.9 Å². The number of hydrogen-bond donors (Lipinski definition) is 0. The van der Waals surface area contributed by atoms with Gasteiger partial charge in [-0.2, -0.15) is 0 Å². The van der Waals surface area contributed by atoms with Gasteiger partial charge in [0, 0.05) is 26.3 Å². The highest BCUT2D eigenvalue weighted by molar-refractivity contribution is 8.27. The summed E-state index contributed by atoms with van der Waals surface area (Å²) in [6.45, 7) is 7.72. The number of hydrogen-bond acceptors (Lipinski definition) is 7. The van der Waals surface area contributed by atoms with E-state index in [4.69, 9.17) is 17.2 Å². The van der Waals surface area contributed by atoms with E-state index in [1.165, 1.54) is 14.0 Å². The van der Waals surface area contributed by atoms with Gasteiger partial charge in [-0.25, -0.2) is 9.67 Å². The van der Waals surface area contributed by atoms with Crippen LogP contribution in [-0.2, 0) is 11.8 Å². The van der Waals surface area contributed by atoms with Crippen LogP contribution in [0.2, 0.25) is 0 Å². The normalized spacial score (nSPS) is 20.5. The largest absolute Gasteiger partial charge is 0.355 e. The summed E-state index contributed by atoms with van der Waals surface area (Å²) in [5.41, 5.74) is 1.75. The van der Waals surface area contributed by atoms with Crippen LogP contribution in [0.25, 0.3) is 17.4 Å². The zero-order chi connectivity index (χ0) is 29.0. The van der Waals surface area contributed by atoms with E-state index in [1.807, 2.05) is 36.4 Å². The van der Waals surface area contributed by atoms with Crippen molar-refractivity contribution < 1.29 is 4.79 Å². The van der Waals surface area contributed by atoms with E-state index in [1.54, 1.807) is 43.1 Å². The second-order valence-corrected chi connectivity index (χ2v) is 12.5. The molecule has 2 aliphatic rings. The molecule has 9 nitrogen and oxygen atoms in total. The van der Waals surface area contributed by atoms with E-state index in [0.29, 0.717) is 40.2 Å². The molecule has 2 saturated heterocycles. The van der Waals surface area contributed by atoms with E-state index in [-0.39, 0.29) is 26.0 Å². The molecule has 0 radical (unpaired) electrons. The molecule has 0 spiro atoms. The second-order valence-electron chi connectivity index (χ2n) is 10.9. The van der Waals surface area contributed by atoms with Gasteiger partial charge in [-0.3, -0.25) is 28.4 Å². The first-order chi connectivity index (χ1) is 19.7. The Hall–Kier alpha value is -3.96. The zero-order valence-corrected chi connectivity index (χ0v) is 24.9. The number of anilines is 2. The minimum absolute atomic E-state index is 0.203. The summed E-state index contributed by atoms with van der Waals surface area (Å²) in [5, 5.41) is 0. The van der Waals surface area contributed by atoms with Crippen molar-refractivity contribution in [1.29, 1.82) is 0 Å². The fraction of sp³-hybridized carbons (Fsp3) is 0.300. The smallest absolute Gasteiger partial charge is 0.296 e. The predicted molar refractivity (Wildman–Crippen MR) is 168 cm³/mol. The molecule has 210 valence electrons. The lowest BCUT2D eigenvalue weighted by molar-refractivity contribution is -0.113. The number of piperidine rings is 1. The molecule has 5 heterocycles. The summed E-state index contributed by atoms with van der Waals surface area (Å²) >= 11 is 6.73. The Labute approximate surface area is 246 Å². The maximum Gasteiger partial charge on any atom is 0.296 e. The van der Waals surface area contributed by atoms with Gasteiger partial charge in [0.05, 0.1) is 21.8 Å². The van der Waals surface area contributed by atoms with E-state index in [0.717, 1.165) is 31.3 Å². The average molecular weight is 587 g/mol. The fourth-order valence-corrected chi connectivity index (χ4v) is 7.15. The van der Waals surface area contributed by atoms with Gasteiger partial charge in [0.25, 0.3) is 17.0 Å². The van der Waals surface area contributed by atoms with Crippen molar-refractivity contribution in [3.05, 3.63) is 91.6 Å². The lowest BCUT2D eigenvalue weighted by Gasteiger charge is -2.36. The molecule has 1 aromatic carbocycles. The van der Waals surface area contributed by atoms with Crippen LogP contribution in [0.3, 0.4) is 0 Å². The third kappa shape index (κ3) is 4.62. The van der Waals surface area contributed by atoms with Gasteiger partial charge >= 0.3 is 0 Å². The van der Waals surface area contributed by atoms with E-state index >= 15 is 0 Å². The summed E-state index contributed by atoms with van der Waals surface area (Å²) in [6, 6.07) is 14.7. The topological polar surface area (TPSA) is 84.9 Å². The number of carbonyl (C=O) groups excluding carboxylic acids is 1. The molecule has 11 heteroatoms. The molecule has 41 heavy (non-hydrogen) atoms. The van der Waals surface area contributed by atoms with Crippen LogP contribution in [-0.4, -0.2) is 42.1 Å². The lowest BCUT2D eigenvalue weighted by atomic mass is 9.91. The van der Waals surface area contributed by atoms with Crippen LogP contribution in [0.1, 0.15) is 31.5 Å². The monoisotopic (exact) mass is 586 g/mol. The number of thiocarbonyl (C=S) groups is 1. The quantitative estimate of drug-likeness (QED) is 0.259. The fourth-order valence-electron chi connectivity index (χ4n) is 5.90. The number of amides is 1. The predicted octanol–water partition coefficient (Wildman–Crippen LogP) is 4.38. The number of pyridine rings is 1. The van der Waals surface area contributed by atoms with Crippen molar-refractivity contribution in [2.45, 2.75) is 27.2 Å². The summed E-state index contributed by atoms with van der Waals surface area (Å²) < 4.78 is 4.96. The number of aromatic nitrogens is 4. The Kier molecular flexibility index (Phi) is 6.95. The third-order valence-electron chi connectivity index (χ3n) is 7.73. The van der Waals surface area contributed by atoms with Crippen LogP contribution in [0, 0.1) is 18.8 Å². The molecule has 0 aliphatic carbocycles. The van der Waals surface area contributed by atoms with Gasteiger partial charge in [0.15, 0.2) is 4.32 Å². The number of fused-ring (bicyclic) bond motifs is 1. The Bertz CT molecular complexity index is 1850. The minimum Gasteiger partial charge on any atom is -0.355 e. The molecule has 0 bridgehead atoms. The SMILES string of the molecule is Cc1c(N2C(=O)/C(=C\c3c(N4CC(C)CC(C)C4)nc4ccccn4c3=O)SC2=S)c(=O)n(-c2ccccc2)n1C. The molecule has 2 fully saturated rings. The molecular formula is C30H30N6O3S2. The second kappa shape index (κ2) is 10.5. The number of carbonyl (C=O) groups is 1. The number of para-hydroxylation sites is 1. The Balaban J connectivity index is 1.47. The standard InChI is InChI=1S/C30H30N6O3S2/c1-18-14-19(2)17-33(16-18)26-22(27(37)34-13-9-8-12-24(34)31-26)15-23-28(38)35(30(40)41-23)25-20(3)32(4)36(29(25)39)21-10-6-5-7-11-21/h5-13,15,18-19H,14,16-17H2,1-4H3/b23-15+. The maximum atomic E-state index is 13.9. The highest BCUT2D eigenvalue weighted by atomic mass is 32.2. The van der Waals surface area contributed by atoms with Crippen LogP contribution in [0.4, 0.5) is 11.5 Å². The summed E-state index contributed by atoms with van der Waals surface area (Å²) in [5.74, 6) is 1.00. The van der Waals surface area contributed by atoms with Crippen molar-refractivity contribution in [2.24, 2.45) is 18.9 Å². The van der Waals surface area contributed by atoms with Gasteiger partial charge in [0.2, 0.25) is 0 Å². The van der Waals surface area contributed by atoms with Gasteiger partial charge in [-0.15, -0.1) is 0 Å². The van der Waals surface area contributed by atoms with Gasteiger partial charge < -0.3 is 4.90 Å². The number of benzene rings is 1. The molecule has 2 atom stereocenters. The average Bonchev–Trinajstić information content (AvgIpc) is 3.34.